The van der Waals surface area contributed by atoms with Crippen molar-refractivity contribution < 1.29 is 12.3 Å². The third-order valence-electron chi connectivity index (χ3n) is 9.08. The maximum Gasteiger partial charge on any atom is 0.440 e. The van der Waals surface area contributed by atoms with Crippen molar-refractivity contribution in [3.05, 3.63) is 0 Å². The number of rotatable bonds is 1. The second-order valence-corrected chi connectivity index (χ2v) is 61.0. The molecule has 43 heavy (non-hydrogen) atoms. The van der Waals surface area contributed by atoms with E-state index in [1.807, 2.05) is 0 Å². The van der Waals surface area contributed by atoms with E-state index >= 15 is 0 Å². The molecule has 0 aliphatic carbocycles. The van der Waals surface area contributed by atoms with Gasteiger partial charge in [-0.05, 0) is 113 Å². The van der Waals surface area contributed by atoms with Crippen molar-refractivity contribution in [2.24, 2.45) is 11.2 Å². The highest BCUT2D eigenvalue weighted by Crippen LogP contribution is 2.49. The summed E-state index contributed by atoms with van der Waals surface area (Å²) in [7, 11) is -7.50. The Bertz CT molecular complexity index is 1020. The van der Waals surface area contributed by atoms with Crippen LogP contribution in [0.25, 0.3) is 0 Å². The molecule has 2 atom stereocenters. The highest BCUT2D eigenvalue weighted by molar-refractivity contribution is 7.81. The molecule has 0 saturated carbocycles. The van der Waals surface area contributed by atoms with Crippen molar-refractivity contribution in [2.75, 3.05) is 21.1 Å². The molecule has 0 aromatic carbocycles. The van der Waals surface area contributed by atoms with Crippen molar-refractivity contribution in [1.29, 1.82) is 5.05 Å². The summed E-state index contributed by atoms with van der Waals surface area (Å²) >= 11 is 19.9. The Hall–Kier alpha value is 2.37. The quantitative estimate of drug-likeness (QED) is 0.129. The zero-order valence-corrected chi connectivity index (χ0v) is 42.2. The van der Waals surface area contributed by atoms with Gasteiger partial charge in [0.05, 0.1) is 0 Å². The molecule has 4 saturated heterocycles. The molecule has 2 unspecified atom stereocenters. The van der Waals surface area contributed by atoms with Gasteiger partial charge in [-0.2, -0.15) is 0 Å². The van der Waals surface area contributed by atoms with Gasteiger partial charge in [-0.3, -0.25) is 9.74 Å². The van der Waals surface area contributed by atoms with Crippen LogP contribution in [0.2, 0.25) is 91.7 Å². The van der Waals surface area contributed by atoms with Gasteiger partial charge < -0.3 is 44.5 Å². The maximum atomic E-state index is 6.47. The van der Waals surface area contributed by atoms with Crippen molar-refractivity contribution in [1.82, 2.24) is 25.6 Å². The first-order chi connectivity index (χ1) is 18.6. The smallest absolute Gasteiger partial charge is 0.425 e. The molecule has 4 aliphatic rings. The minimum absolute atomic E-state index is 1.34. The Morgan fingerprint density at radius 2 is 0.953 bits per heavy atom. The van der Waals surface area contributed by atoms with Crippen LogP contribution in [0.5, 0.6) is 0 Å². The average Bonchev–Trinajstić information content (AvgIpc) is 2.72. The summed E-state index contributed by atoms with van der Waals surface area (Å²) in [5, 5.41) is 10.6. The summed E-state index contributed by atoms with van der Waals surface area (Å²) in [4.78, 5) is 0. The van der Waals surface area contributed by atoms with Crippen LogP contribution in [-0.4, -0.2) is 124 Å². The lowest BCUT2D eigenvalue weighted by molar-refractivity contribution is 0.193. The van der Waals surface area contributed by atoms with Crippen molar-refractivity contribution >= 4 is 127 Å². The molecule has 0 radical (unpaired) electrons. The third kappa shape index (κ3) is 8.94. The predicted octanol–water partition coefficient (Wildman–Crippen LogP) is 4.44. The summed E-state index contributed by atoms with van der Waals surface area (Å²) < 4.78 is 32.7. The first-order valence-electron chi connectivity index (χ1n) is 14.1. The number of hydrogen-bond acceptors (Lipinski definition) is 10. The second kappa shape index (κ2) is 13.6. The monoisotopic (exact) mass is 855 g/mol. The molecule has 6 N–H and O–H groups in total. The minimum Gasteiger partial charge on any atom is -0.425 e. The number of hydrazine groups is 1. The van der Waals surface area contributed by atoms with Gasteiger partial charge in [-0.25, -0.2) is 0 Å². The Morgan fingerprint density at radius 1 is 0.628 bits per heavy atom. The number of nitrogens with two attached hydrogens (primary N) is 2. The van der Waals surface area contributed by atoms with E-state index < -0.39 is 82.2 Å². The van der Waals surface area contributed by atoms with Crippen LogP contribution in [0.1, 0.15) is 0 Å². The molecule has 0 spiro atoms. The summed E-state index contributed by atoms with van der Waals surface area (Å²) in [6.45, 7) is 33.3. The molecule has 0 bridgehead atoms. The molecule has 4 rings (SSSR count). The van der Waals surface area contributed by atoms with Crippen LogP contribution < -0.4 is 16.3 Å². The lowest BCUT2D eigenvalue weighted by Crippen LogP contribution is -3.05. The van der Waals surface area contributed by atoms with Gasteiger partial charge in [0.15, 0.2) is 25.2 Å². The standard InChI is InChI=1S/C10H30N4Si4.C7H21NO3Si4.Cl4Si.H6N4Si/c1-11-15(4,5)12(2)18(10)13(3)17(8,9)14(18)16(11,6)7;1-12(2)8-13(3,4)10-15(8,7)11-14(5,6)9-12;1-5(2,3)4;1-4-5(2)3/h1-10H3;1-7H3;;2,4H,1,3H2. The highest BCUT2D eigenvalue weighted by Gasteiger charge is 2.75. The molecular formula is C17H57Cl4N9O3Si10. The van der Waals surface area contributed by atoms with Crippen LogP contribution >= 0.6 is 44.3 Å². The molecule has 4 fully saturated rings. The molecular weight excluding hydrogens is 801 g/mol. The predicted molar refractivity (Wildman–Crippen MR) is 208 cm³/mol. The van der Waals surface area contributed by atoms with Gasteiger partial charge in [-0.1, -0.05) is 0 Å². The van der Waals surface area contributed by atoms with Gasteiger partial charge in [0.25, 0.3) is 8.56 Å². The normalized spacial score (nSPS) is 33.6. The maximum absolute atomic E-state index is 6.47. The van der Waals surface area contributed by atoms with Crippen LogP contribution in [0, 0.1) is 5.05 Å². The summed E-state index contributed by atoms with van der Waals surface area (Å²) in [6.07, 6.45) is 0. The lowest BCUT2D eigenvalue weighted by Gasteiger charge is -2.80. The number of hydrogen-bond donors (Lipinski definition) is 4. The lowest BCUT2D eigenvalue weighted by atomic mass is 11.6. The zero-order valence-electron chi connectivity index (χ0n) is 29.1. The third-order valence-corrected chi connectivity index (χ3v) is 62.6. The minimum atomic E-state index is -2.72. The van der Waals surface area contributed by atoms with Gasteiger partial charge in [0.2, 0.25) is 17.0 Å². The highest BCUT2D eigenvalue weighted by atomic mass is 36.0. The second-order valence-electron chi connectivity index (χ2n) is 14.3. The van der Waals surface area contributed by atoms with E-state index in [9.17, 15) is 0 Å². The molecule has 4 heterocycles. The van der Waals surface area contributed by atoms with Gasteiger partial charge >= 0.3 is 31.5 Å². The van der Waals surface area contributed by atoms with Crippen LogP contribution in [0.15, 0.2) is 0 Å². The SMILES string of the molecule is CN1[Si](C)(C)N(C)[Si]2(C)N(C)[Si](C)(C)N2[Si]1(C)C.C[Si]1(C)O[Si](C)(C)N2[Si](C)(C)O[Si]2(C)O1.Cl[Si](Cl)(Cl)Cl.N=[Si](N)NN. The zero-order chi connectivity index (χ0) is 34.8. The van der Waals surface area contributed by atoms with Crippen LogP contribution in [0.4, 0.5) is 0 Å². The van der Waals surface area contributed by atoms with Crippen molar-refractivity contribution in [3.8, 4) is 0 Å². The Labute approximate surface area is 291 Å². The summed E-state index contributed by atoms with van der Waals surface area (Å²) in [6, 6.07) is 0. The van der Waals surface area contributed by atoms with E-state index in [1.165, 1.54) is 0 Å². The van der Waals surface area contributed by atoms with E-state index in [0.717, 1.165) is 0 Å². The van der Waals surface area contributed by atoms with E-state index in [1.54, 1.807) is 0 Å². The van der Waals surface area contributed by atoms with E-state index in [-0.39, 0.29) is 0 Å². The fraction of sp³-hybridized carbons (Fsp3) is 1.00. The van der Waals surface area contributed by atoms with E-state index in [4.69, 9.17) is 67.1 Å². The Morgan fingerprint density at radius 3 is 1.28 bits per heavy atom. The molecule has 0 aromatic heterocycles. The molecule has 0 amide bonds. The molecule has 0 aromatic rings. The topological polar surface area (TPSA) is 132 Å². The Kier molecular flexibility index (Phi) is 13.7. The molecule has 4 aliphatic heterocycles. The first-order valence-corrected chi connectivity index (χ1v) is 43.5. The number of halogens is 4. The van der Waals surface area contributed by atoms with Gasteiger partial charge in [0, 0.05) is 0 Å². The Balaban J connectivity index is 0.000000332. The van der Waals surface area contributed by atoms with Crippen LogP contribution in [0.3, 0.4) is 0 Å². The molecule has 12 nitrogen and oxygen atoms in total. The number of nitrogens with zero attached hydrogens (tertiary/aromatic N) is 5. The van der Waals surface area contributed by atoms with Gasteiger partial charge in [-0.15, -0.1) is 44.3 Å². The van der Waals surface area contributed by atoms with Crippen LogP contribution in [-0.2, 0) is 12.3 Å². The van der Waals surface area contributed by atoms with Crippen molar-refractivity contribution in [2.45, 2.75) is 91.7 Å². The fourth-order valence-corrected chi connectivity index (χ4v) is 75.4. The molecule has 256 valence electrons. The summed E-state index contributed by atoms with van der Waals surface area (Å²) in [5.74, 6) is 4.65. The number of fused-ring (bicyclic) bond motifs is 2. The van der Waals surface area contributed by atoms with E-state index in [2.05, 4.69) is 144 Å². The number of nitrogens with one attached hydrogen (secondary N) is 2. The fourth-order valence-electron chi connectivity index (χ4n) is 7.75. The first kappa shape index (κ1) is 43.4. The average molecular weight is 858 g/mol. The molecule has 26 heteroatoms. The van der Waals surface area contributed by atoms with Crippen molar-refractivity contribution in [3.63, 3.8) is 0 Å². The summed E-state index contributed by atoms with van der Waals surface area (Å²) in [5.41, 5.74) is 0. The largest absolute Gasteiger partial charge is 0.440 e. The van der Waals surface area contributed by atoms with Gasteiger partial charge in [0.1, 0.15) is 0 Å². The van der Waals surface area contributed by atoms with E-state index in [0.29, 0.717) is 0 Å².